The third-order valence-electron chi connectivity index (χ3n) is 2.98. The van der Waals surface area contributed by atoms with Crippen LogP contribution in [0.25, 0.3) is 0 Å². The van der Waals surface area contributed by atoms with Crippen molar-refractivity contribution >= 4 is 17.3 Å². The maximum Gasteiger partial charge on any atom is 0.401 e. The second-order valence-corrected chi connectivity index (χ2v) is 5.24. The fourth-order valence-electron chi connectivity index (χ4n) is 1.85. The highest BCUT2D eigenvalue weighted by molar-refractivity contribution is 5.93. The van der Waals surface area contributed by atoms with Gasteiger partial charge in [-0.2, -0.15) is 13.2 Å². The lowest BCUT2D eigenvalue weighted by atomic mass is 10.2. The molecule has 0 aliphatic heterocycles. The molecule has 4 nitrogen and oxygen atoms in total. The van der Waals surface area contributed by atoms with Crippen molar-refractivity contribution in [1.82, 2.24) is 4.90 Å². The Morgan fingerprint density at radius 3 is 2.48 bits per heavy atom. The molecule has 0 aromatic heterocycles. The van der Waals surface area contributed by atoms with Gasteiger partial charge in [-0.3, -0.25) is 9.69 Å². The van der Waals surface area contributed by atoms with E-state index in [0.29, 0.717) is 11.4 Å². The second kappa shape index (κ2) is 6.80. The van der Waals surface area contributed by atoms with Crippen LogP contribution >= 0.6 is 0 Å². The van der Waals surface area contributed by atoms with Gasteiger partial charge in [0, 0.05) is 17.4 Å². The van der Waals surface area contributed by atoms with E-state index in [2.05, 4.69) is 5.32 Å². The van der Waals surface area contributed by atoms with E-state index in [1.807, 2.05) is 0 Å². The number of nitrogen functional groups attached to an aromatic ring is 1. The SMILES string of the molecule is Cc1cc(N)ccc1NC(=O)CN(CC(F)(F)F)C(C)C. The first kappa shape index (κ1) is 17.3. The van der Waals surface area contributed by atoms with Crippen LogP contribution in [-0.2, 0) is 4.79 Å². The molecule has 0 saturated carbocycles. The van der Waals surface area contributed by atoms with Crippen LogP contribution in [0, 0.1) is 6.92 Å². The Bertz CT molecular complexity index is 501. The van der Waals surface area contributed by atoms with Gasteiger partial charge in [-0.05, 0) is 44.5 Å². The van der Waals surface area contributed by atoms with Gasteiger partial charge in [0.05, 0.1) is 13.1 Å². The minimum Gasteiger partial charge on any atom is -0.399 e. The summed E-state index contributed by atoms with van der Waals surface area (Å²) in [4.78, 5) is 13.0. The highest BCUT2D eigenvalue weighted by atomic mass is 19.4. The Kier molecular flexibility index (Phi) is 5.60. The summed E-state index contributed by atoms with van der Waals surface area (Å²) in [5, 5.41) is 2.61. The number of carbonyl (C=O) groups excluding carboxylic acids is 1. The lowest BCUT2D eigenvalue weighted by Crippen LogP contribution is -2.43. The molecular formula is C14H20F3N3O. The molecule has 118 valence electrons. The summed E-state index contributed by atoms with van der Waals surface area (Å²) in [7, 11) is 0. The zero-order valence-electron chi connectivity index (χ0n) is 12.3. The number of aryl methyl sites for hydroxylation is 1. The number of carbonyl (C=O) groups is 1. The number of anilines is 2. The summed E-state index contributed by atoms with van der Waals surface area (Å²) in [5.41, 5.74) is 7.47. The molecule has 0 atom stereocenters. The first-order chi connectivity index (χ1) is 9.58. The number of hydrogen-bond donors (Lipinski definition) is 2. The Hall–Kier alpha value is -1.76. The minimum atomic E-state index is -4.33. The Balaban J connectivity index is 2.70. The maximum atomic E-state index is 12.5. The molecule has 0 fully saturated rings. The van der Waals surface area contributed by atoms with Crippen LogP contribution in [0.2, 0.25) is 0 Å². The van der Waals surface area contributed by atoms with Crippen molar-refractivity contribution in [3.05, 3.63) is 23.8 Å². The molecule has 21 heavy (non-hydrogen) atoms. The molecule has 0 saturated heterocycles. The number of nitrogens with one attached hydrogen (secondary N) is 1. The molecule has 0 spiro atoms. The number of nitrogens with zero attached hydrogens (tertiary/aromatic N) is 1. The van der Waals surface area contributed by atoms with Crippen molar-refractivity contribution in [2.75, 3.05) is 24.1 Å². The second-order valence-electron chi connectivity index (χ2n) is 5.24. The van der Waals surface area contributed by atoms with Crippen LogP contribution in [0.3, 0.4) is 0 Å². The van der Waals surface area contributed by atoms with Crippen LogP contribution < -0.4 is 11.1 Å². The standard InChI is InChI=1S/C14H20F3N3O/c1-9(2)20(8-14(15,16)17)7-13(21)19-12-5-4-11(18)6-10(12)3/h4-6,9H,7-8,18H2,1-3H3,(H,19,21). The number of hydrogen-bond acceptors (Lipinski definition) is 3. The van der Waals surface area contributed by atoms with Crippen molar-refractivity contribution in [1.29, 1.82) is 0 Å². The van der Waals surface area contributed by atoms with E-state index < -0.39 is 18.6 Å². The van der Waals surface area contributed by atoms with Crippen molar-refractivity contribution in [3.8, 4) is 0 Å². The van der Waals surface area contributed by atoms with E-state index in [1.54, 1.807) is 39.0 Å². The molecule has 0 heterocycles. The van der Waals surface area contributed by atoms with E-state index >= 15 is 0 Å². The molecule has 0 aliphatic rings. The predicted molar refractivity (Wildman–Crippen MR) is 77.0 cm³/mol. The summed E-state index contributed by atoms with van der Waals surface area (Å²) < 4.78 is 37.4. The fourth-order valence-corrected chi connectivity index (χ4v) is 1.85. The van der Waals surface area contributed by atoms with Crippen LogP contribution in [0.15, 0.2) is 18.2 Å². The Labute approximate surface area is 122 Å². The summed E-state index contributed by atoms with van der Waals surface area (Å²) >= 11 is 0. The first-order valence-electron chi connectivity index (χ1n) is 6.55. The van der Waals surface area contributed by atoms with Crippen LogP contribution in [0.5, 0.6) is 0 Å². The maximum absolute atomic E-state index is 12.5. The summed E-state index contributed by atoms with van der Waals surface area (Å²) in [6.45, 7) is 3.57. The molecule has 0 aliphatic carbocycles. The van der Waals surface area contributed by atoms with Gasteiger partial charge in [0.25, 0.3) is 0 Å². The third kappa shape index (κ3) is 6.03. The number of benzene rings is 1. The average Bonchev–Trinajstić information content (AvgIpc) is 2.30. The number of halogens is 3. The van der Waals surface area contributed by atoms with E-state index in [0.717, 1.165) is 10.5 Å². The number of rotatable bonds is 5. The molecule has 0 unspecified atom stereocenters. The van der Waals surface area contributed by atoms with E-state index in [-0.39, 0.29) is 12.6 Å². The van der Waals surface area contributed by atoms with Crippen LogP contribution in [0.1, 0.15) is 19.4 Å². The molecule has 1 aromatic rings. The zero-order valence-corrected chi connectivity index (χ0v) is 12.3. The molecule has 1 rings (SSSR count). The fraction of sp³-hybridized carbons (Fsp3) is 0.500. The van der Waals surface area contributed by atoms with Crippen molar-refractivity contribution in [3.63, 3.8) is 0 Å². The highest BCUT2D eigenvalue weighted by Gasteiger charge is 2.32. The number of amides is 1. The van der Waals surface area contributed by atoms with Crippen LogP contribution in [0.4, 0.5) is 24.5 Å². The lowest BCUT2D eigenvalue weighted by Gasteiger charge is -2.26. The largest absolute Gasteiger partial charge is 0.401 e. The van der Waals surface area contributed by atoms with Gasteiger partial charge in [0.1, 0.15) is 0 Å². The zero-order chi connectivity index (χ0) is 16.2. The van der Waals surface area contributed by atoms with E-state index in [9.17, 15) is 18.0 Å². The number of alkyl halides is 3. The van der Waals surface area contributed by atoms with E-state index in [4.69, 9.17) is 5.73 Å². The lowest BCUT2D eigenvalue weighted by molar-refractivity contribution is -0.151. The smallest absolute Gasteiger partial charge is 0.399 e. The molecule has 1 aromatic carbocycles. The van der Waals surface area contributed by atoms with Gasteiger partial charge in [0.2, 0.25) is 5.91 Å². The van der Waals surface area contributed by atoms with Crippen molar-refractivity contribution in [2.24, 2.45) is 0 Å². The summed E-state index contributed by atoms with van der Waals surface area (Å²) in [6.07, 6.45) is -4.33. The third-order valence-corrected chi connectivity index (χ3v) is 2.98. The Morgan fingerprint density at radius 1 is 1.38 bits per heavy atom. The molecular weight excluding hydrogens is 283 g/mol. The molecule has 7 heteroatoms. The Morgan fingerprint density at radius 2 is 2.00 bits per heavy atom. The average molecular weight is 303 g/mol. The quantitative estimate of drug-likeness (QED) is 0.822. The van der Waals surface area contributed by atoms with Gasteiger partial charge < -0.3 is 11.1 Å². The molecule has 0 radical (unpaired) electrons. The minimum absolute atomic E-state index is 0.318. The van der Waals surface area contributed by atoms with Gasteiger partial charge in [-0.1, -0.05) is 0 Å². The van der Waals surface area contributed by atoms with Crippen molar-refractivity contribution in [2.45, 2.75) is 33.0 Å². The monoisotopic (exact) mass is 303 g/mol. The van der Waals surface area contributed by atoms with Crippen LogP contribution in [-0.4, -0.2) is 36.1 Å². The van der Waals surface area contributed by atoms with Gasteiger partial charge >= 0.3 is 6.18 Å². The predicted octanol–water partition coefficient (Wildman–Crippen LogP) is 2.79. The normalized spacial score (nSPS) is 12.0. The van der Waals surface area contributed by atoms with Gasteiger partial charge in [-0.15, -0.1) is 0 Å². The molecule has 0 bridgehead atoms. The van der Waals surface area contributed by atoms with E-state index in [1.165, 1.54) is 0 Å². The van der Waals surface area contributed by atoms with Gasteiger partial charge in [0.15, 0.2) is 0 Å². The van der Waals surface area contributed by atoms with Crippen molar-refractivity contribution < 1.29 is 18.0 Å². The molecule has 3 N–H and O–H groups in total. The van der Waals surface area contributed by atoms with Gasteiger partial charge in [-0.25, -0.2) is 0 Å². The summed E-state index contributed by atoms with van der Waals surface area (Å²) in [6, 6.07) is 4.56. The topological polar surface area (TPSA) is 58.4 Å². The first-order valence-corrected chi connectivity index (χ1v) is 6.55. The number of nitrogens with two attached hydrogens (primary N) is 1. The molecule has 1 amide bonds. The summed E-state index contributed by atoms with van der Waals surface area (Å²) in [5.74, 6) is -0.485. The highest BCUT2D eigenvalue weighted by Crippen LogP contribution is 2.19.